The minimum absolute atomic E-state index is 0.0921. The van der Waals surface area contributed by atoms with E-state index in [1.807, 2.05) is 11.8 Å². The number of nitrogens with one attached hydrogen (secondary N) is 1. The summed E-state index contributed by atoms with van der Waals surface area (Å²) >= 11 is 0. The van der Waals surface area contributed by atoms with Crippen molar-refractivity contribution in [2.75, 3.05) is 13.1 Å². The van der Waals surface area contributed by atoms with Gasteiger partial charge >= 0.3 is 6.03 Å². The van der Waals surface area contributed by atoms with Crippen molar-refractivity contribution < 1.29 is 14.4 Å². The summed E-state index contributed by atoms with van der Waals surface area (Å²) in [6.45, 7) is 4.74. The summed E-state index contributed by atoms with van der Waals surface area (Å²) in [6, 6.07) is -0.151. The Morgan fingerprint density at radius 2 is 1.96 bits per heavy atom. The van der Waals surface area contributed by atoms with Gasteiger partial charge in [-0.25, -0.2) is 4.79 Å². The van der Waals surface area contributed by atoms with Crippen molar-refractivity contribution in [2.45, 2.75) is 76.8 Å². The quantitative estimate of drug-likeness (QED) is 0.805. The molecule has 24 heavy (non-hydrogen) atoms. The number of imide groups is 1. The van der Waals surface area contributed by atoms with Crippen LogP contribution in [-0.4, -0.2) is 52.3 Å². The molecule has 3 rings (SSSR count). The molecule has 134 valence electrons. The first-order chi connectivity index (χ1) is 11.5. The lowest BCUT2D eigenvalue weighted by atomic mass is 9.73. The van der Waals surface area contributed by atoms with Crippen LogP contribution in [0.5, 0.6) is 0 Å². The third-order valence-electron chi connectivity index (χ3n) is 6.21. The van der Waals surface area contributed by atoms with E-state index in [4.69, 9.17) is 0 Å². The number of piperidine rings is 1. The summed E-state index contributed by atoms with van der Waals surface area (Å²) in [4.78, 5) is 41.1. The molecule has 1 aliphatic carbocycles. The molecule has 0 aromatic heterocycles. The molecule has 0 aromatic carbocycles. The van der Waals surface area contributed by atoms with Crippen LogP contribution in [0.2, 0.25) is 0 Å². The molecule has 3 aliphatic rings. The first-order valence-electron chi connectivity index (χ1n) is 9.43. The van der Waals surface area contributed by atoms with E-state index in [1.54, 1.807) is 0 Å². The third kappa shape index (κ3) is 2.80. The molecular formula is C18H29N3O3. The number of hydrogen-bond donors (Lipinski definition) is 1. The number of urea groups is 1. The third-order valence-corrected chi connectivity index (χ3v) is 6.21. The van der Waals surface area contributed by atoms with Crippen LogP contribution in [0.1, 0.15) is 65.2 Å². The molecule has 3 atom stereocenters. The molecular weight excluding hydrogens is 306 g/mol. The summed E-state index contributed by atoms with van der Waals surface area (Å²) in [5.74, 6) is -0.162. The number of rotatable bonds is 3. The zero-order valence-corrected chi connectivity index (χ0v) is 14.8. The summed E-state index contributed by atoms with van der Waals surface area (Å²) in [5.41, 5.74) is -0.776. The monoisotopic (exact) mass is 335 g/mol. The number of nitrogens with zero attached hydrogens (tertiary/aromatic N) is 2. The van der Waals surface area contributed by atoms with Crippen molar-refractivity contribution in [3.05, 3.63) is 0 Å². The molecule has 2 saturated heterocycles. The van der Waals surface area contributed by atoms with Gasteiger partial charge < -0.3 is 10.2 Å². The predicted molar refractivity (Wildman–Crippen MR) is 90.3 cm³/mol. The summed E-state index contributed by atoms with van der Waals surface area (Å²) in [5, 5.41) is 2.92. The van der Waals surface area contributed by atoms with Gasteiger partial charge in [-0.1, -0.05) is 26.7 Å². The maximum absolute atomic E-state index is 12.9. The molecule has 4 amide bonds. The fourth-order valence-electron chi connectivity index (χ4n) is 4.62. The Kier molecular flexibility index (Phi) is 4.83. The van der Waals surface area contributed by atoms with Crippen LogP contribution in [0.15, 0.2) is 0 Å². The van der Waals surface area contributed by atoms with E-state index in [2.05, 4.69) is 12.2 Å². The summed E-state index contributed by atoms with van der Waals surface area (Å²) in [7, 11) is 0. The molecule has 2 aliphatic heterocycles. The van der Waals surface area contributed by atoms with E-state index >= 15 is 0 Å². The van der Waals surface area contributed by atoms with E-state index < -0.39 is 11.6 Å². The Labute approximate surface area is 143 Å². The molecule has 6 heteroatoms. The Morgan fingerprint density at radius 1 is 1.21 bits per heavy atom. The van der Waals surface area contributed by atoms with Gasteiger partial charge in [-0.2, -0.15) is 0 Å². The molecule has 3 fully saturated rings. The molecule has 6 nitrogen and oxygen atoms in total. The van der Waals surface area contributed by atoms with Crippen LogP contribution in [-0.2, 0) is 9.59 Å². The Bertz CT molecular complexity index is 536. The minimum atomic E-state index is -0.776. The average Bonchev–Trinajstić information content (AvgIpc) is 2.82. The standard InChI is InChI=1S/C18H29N3O3/c1-3-14-9-5-7-11-20(14)15(22)12-21-16(23)18(19-17(21)24)10-6-4-8-13(18)2/h13-14H,3-12H2,1-2H3,(H,19,24)/t13-,14+,18+/m0/s1. The molecule has 2 heterocycles. The molecule has 0 aromatic rings. The number of carbonyl (C=O) groups excluding carboxylic acids is 3. The fraction of sp³-hybridized carbons (Fsp3) is 0.833. The smallest absolute Gasteiger partial charge is 0.325 e. The van der Waals surface area contributed by atoms with Crippen molar-refractivity contribution in [1.29, 1.82) is 0 Å². The second kappa shape index (κ2) is 6.73. The molecule has 1 saturated carbocycles. The van der Waals surface area contributed by atoms with Crippen LogP contribution in [0.25, 0.3) is 0 Å². The number of likely N-dealkylation sites (tertiary alicyclic amines) is 1. The number of hydrogen-bond acceptors (Lipinski definition) is 3. The van der Waals surface area contributed by atoms with Gasteiger partial charge in [0.05, 0.1) is 0 Å². The van der Waals surface area contributed by atoms with Crippen LogP contribution < -0.4 is 5.32 Å². The van der Waals surface area contributed by atoms with Crippen LogP contribution in [0.4, 0.5) is 4.79 Å². The van der Waals surface area contributed by atoms with Crippen molar-refractivity contribution in [1.82, 2.24) is 15.1 Å². The zero-order valence-electron chi connectivity index (χ0n) is 14.8. The topological polar surface area (TPSA) is 69.7 Å². The second-order valence-electron chi connectivity index (χ2n) is 7.58. The van der Waals surface area contributed by atoms with Gasteiger partial charge in [-0.05, 0) is 44.4 Å². The first kappa shape index (κ1) is 17.2. The minimum Gasteiger partial charge on any atom is -0.338 e. The molecule has 1 N–H and O–H groups in total. The van der Waals surface area contributed by atoms with Crippen LogP contribution in [0, 0.1) is 5.92 Å². The van der Waals surface area contributed by atoms with E-state index in [-0.39, 0.29) is 30.3 Å². The van der Waals surface area contributed by atoms with Crippen molar-refractivity contribution in [3.63, 3.8) is 0 Å². The molecule has 1 spiro atoms. The normalized spacial score (nSPS) is 33.9. The zero-order chi connectivity index (χ0) is 17.3. The summed E-state index contributed by atoms with van der Waals surface area (Å²) < 4.78 is 0. The maximum atomic E-state index is 12.9. The van der Waals surface area contributed by atoms with Crippen molar-refractivity contribution in [2.24, 2.45) is 5.92 Å². The van der Waals surface area contributed by atoms with Gasteiger partial charge in [0.25, 0.3) is 5.91 Å². The van der Waals surface area contributed by atoms with Crippen LogP contribution >= 0.6 is 0 Å². The van der Waals surface area contributed by atoms with Gasteiger partial charge in [0, 0.05) is 12.6 Å². The lowest BCUT2D eigenvalue weighted by Gasteiger charge is -2.37. The molecule has 0 radical (unpaired) electrons. The lowest BCUT2D eigenvalue weighted by molar-refractivity contribution is -0.142. The van der Waals surface area contributed by atoms with Gasteiger partial charge in [-0.3, -0.25) is 14.5 Å². The SMILES string of the molecule is CC[C@@H]1CCCCN1C(=O)CN1C(=O)N[C@@]2(CCCC[C@@H]2C)C1=O. The highest BCUT2D eigenvalue weighted by molar-refractivity contribution is 6.09. The highest BCUT2D eigenvalue weighted by Crippen LogP contribution is 2.38. The largest absolute Gasteiger partial charge is 0.338 e. The maximum Gasteiger partial charge on any atom is 0.325 e. The number of carbonyl (C=O) groups is 3. The van der Waals surface area contributed by atoms with Crippen LogP contribution in [0.3, 0.4) is 0 Å². The fourth-order valence-corrected chi connectivity index (χ4v) is 4.62. The highest BCUT2D eigenvalue weighted by Gasteiger charge is 2.55. The predicted octanol–water partition coefficient (Wildman–Crippen LogP) is 2.28. The average molecular weight is 335 g/mol. The Hall–Kier alpha value is -1.59. The lowest BCUT2D eigenvalue weighted by Crippen LogP contribution is -2.54. The van der Waals surface area contributed by atoms with Gasteiger partial charge in [0.15, 0.2) is 0 Å². The summed E-state index contributed by atoms with van der Waals surface area (Å²) in [6.07, 6.45) is 7.76. The second-order valence-corrected chi connectivity index (χ2v) is 7.58. The van der Waals surface area contributed by atoms with Gasteiger partial charge in [-0.15, -0.1) is 0 Å². The molecule has 0 unspecified atom stereocenters. The van der Waals surface area contributed by atoms with E-state index in [0.717, 1.165) is 56.4 Å². The van der Waals surface area contributed by atoms with Crippen molar-refractivity contribution >= 4 is 17.8 Å². The van der Waals surface area contributed by atoms with E-state index in [1.165, 1.54) is 0 Å². The van der Waals surface area contributed by atoms with E-state index in [9.17, 15) is 14.4 Å². The first-order valence-corrected chi connectivity index (χ1v) is 9.43. The van der Waals surface area contributed by atoms with E-state index in [0.29, 0.717) is 6.42 Å². The van der Waals surface area contributed by atoms with Gasteiger partial charge in [0.1, 0.15) is 12.1 Å². The van der Waals surface area contributed by atoms with Gasteiger partial charge in [0.2, 0.25) is 5.91 Å². The Balaban J connectivity index is 1.72. The molecule has 0 bridgehead atoms. The van der Waals surface area contributed by atoms with Crippen molar-refractivity contribution in [3.8, 4) is 0 Å². The number of amides is 4. The Morgan fingerprint density at radius 3 is 2.67 bits per heavy atom. The highest BCUT2D eigenvalue weighted by atomic mass is 16.2.